The van der Waals surface area contributed by atoms with Crippen molar-refractivity contribution in [1.82, 2.24) is 9.97 Å². The van der Waals surface area contributed by atoms with Crippen molar-refractivity contribution in [2.75, 3.05) is 24.6 Å². The van der Waals surface area contributed by atoms with E-state index in [-0.39, 0.29) is 17.0 Å². The standard InChI is InChI=1S/C31H39N5O3/c1-21(32)28-29(33-24-10-6-3-7-11-24)31(38)35-30(34-28)26-13-12-25(18-27(26)37)36-16-14-23(15-17-36)20-39-19-22-8-4-2-5-9-22/h2,4-5,8-9,12-13,18,23-24,32-33,37H,3,6-7,10-11,14-17,19-20H2,1H3,(H,34,35,38)/p+1. The Morgan fingerprint density at radius 1 is 1.10 bits per heavy atom. The number of H-pyrrole nitrogens is 1. The van der Waals surface area contributed by atoms with Gasteiger partial charge in [0.2, 0.25) is 5.69 Å². The first-order chi connectivity index (χ1) is 19.0. The highest BCUT2D eigenvalue weighted by atomic mass is 16.5. The first kappa shape index (κ1) is 27.1. The molecule has 8 heteroatoms. The number of nitrogens with zero attached hydrogens (tertiary/aromatic N) is 2. The van der Waals surface area contributed by atoms with Crippen molar-refractivity contribution in [2.45, 2.75) is 64.5 Å². The van der Waals surface area contributed by atoms with Gasteiger partial charge in [-0.2, -0.15) is 0 Å². The Bertz CT molecular complexity index is 1330. The number of hydrogen-bond donors (Lipinski definition) is 4. The summed E-state index contributed by atoms with van der Waals surface area (Å²) < 4.78 is 5.96. The molecule has 5 rings (SSSR count). The maximum absolute atomic E-state index is 13.1. The number of nitrogens with one attached hydrogen (secondary N) is 2. The second-order valence-corrected chi connectivity index (χ2v) is 11.0. The van der Waals surface area contributed by atoms with E-state index in [1.54, 1.807) is 13.0 Å². The van der Waals surface area contributed by atoms with Crippen molar-refractivity contribution in [3.63, 3.8) is 0 Å². The number of ether oxygens (including phenoxy) is 1. The van der Waals surface area contributed by atoms with Gasteiger partial charge in [0.1, 0.15) is 11.6 Å². The summed E-state index contributed by atoms with van der Waals surface area (Å²) in [5.74, 6) is 0.890. The fourth-order valence-electron chi connectivity index (χ4n) is 5.78. The van der Waals surface area contributed by atoms with E-state index >= 15 is 0 Å². The van der Waals surface area contributed by atoms with Crippen LogP contribution < -0.4 is 15.8 Å². The molecule has 3 aromatic rings. The molecule has 5 N–H and O–H groups in total. The number of piperidine rings is 1. The van der Waals surface area contributed by atoms with Crippen LogP contribution in [0.15, 0.2) is 53.3 Å². The Balaban J connectivity index is 1.23. The van der Waals surface area contributed by atoms with Crippen molar-refractivity contribution >= 4 is 17.1 Å². The Morgan fingerprint density at radius 3 is 2.54 bits per heavy atom. The molecule has 2 aromatic carbocycles. The third-order valence-electron chi connectivity index (χ3n) is 8.04. The van der Waals surface area contributed by atoms with Gasteiger partial charge < -0.3 is 30.5 Å². The largest absolute Gasteiger partial charge is 0.507 e. The quantitative estimate of drug-likeness (QED) is 0.304. The first-order valence-corrected chi connectivity index (χ1v) is 14.2. The van der Waals surface area contributed by atoms with Crippen molar-refractivity contribution in [2.24, 2.45) is 5.92 Å². The number of anilines is 1. The van der Waals surface area contributed by atoms with Crippen LogP contribution in [-0.2, 0) is 11.3 Å². The number of benzene rings is 2. The number of phenols is 1. The lowest BCUT2D eigenvalue weighted by Gasteiger charge is -2.33. The second kappa shape index (κ2) is 12.6. The summed E-state index contributed by atoms with van der Waals surface area (Å²) in [5, 5.41) is 21.2. The molecule has 39 heavy (non-hydrogen) atoms. The van der Waals surface area contributed by atoms with Gasteiger partial charge in [-0.3, -0.25) is 4.79 Å². The van der Waals surface area contributed by atoms with Gasteiger partial charge in [0.15, 0.2) is 5.69 Å². The molecule has 1 aliphatic heterocycles. The third kappa shape index (κ3) is 6.75. The molecule has 2 heterocycles. The van der Waals surface area contributed by atoms with Crippen molar-refractivity contribution < 1.29 is 15.2 Å². The van der Waals surface area contributed by atoms with E-state index in [9.17, 15) is 9.90 Å². The summed E-state index contributed by atoms with van der Waals surface area (Å²) in [6.07, 6.45) is 7.79. The summed E-state index contributed by atoms with van der Waals surface area (Å²) in [6.45, 7) is 4.86. The van der Waals surface area contributed by atoms with Crippen molar-refractivity contribution in [3.05, 3.63) is 70.1 Å². The second-order valence-electron chi connectivity index (χ2n) is 11.0. The molecule has 0 bridgehead atoms. The molecule has 206 valence electrons. The smallest absolute Gasteiger partial charge is 0.313 e. The number of aromatic amines is 1. The average Bonchev–Trinajstić information content (AvgIpc) is 2.95. The van der Waals surface area contributed by atoms with Crippen LogP contribution in [0.2, 0.25) is 0 Å². The SMILES string of the molecule is CC(=N)c1nc(-c2ccc(N3CCC(COCc4ccccc4)CC3)cc2O)[nH]c(=O)c1[NH2+]C1CCCCC1. The van der Waals surface area contributed by atoms with Crippen LogP contribution in [0, 0.1) is 11.3 Å². The normalized spacial score (nSPS) is 16.9. The molecule has 0 atom stereocenters. The van der Waals surface area contributed by atoms with Gasteiger partial charge in [0.25, 0.3) is 0 Å². The van der Waals surface area contributed by atoms with Crippen LogP contribution in [0.4, 0.5) is 11.4 Å². The molecular formula is C31H40N5O3+. The predicted octanol–water partition coefficient (Wildman–Crippen LogP) is 4.49. The molecule has 1 saturated carbocycles. The number of rotatable bonds is 9. The number of nitrogens with two attached hydrogens (primary N) is 1. The van der Waals surface area contributed by atoms with Gasteiger partial charge in [0, 0.05) is 31.5 Å². The molecule has 2 fully saturated rings. The lowest BCUT2D eigenvalue weighted by atomic mass is 9.95. The van der Waals surface area contributed by atoms with Crippen molar-refractivity contribution in [1.29, 1.82) is 5.41 Å². The topological polar surface area (TPSA) is 119 Å². The van der Waals surface area contributed by atoms with E-state index in [0.717, 1.165) is 51.1 Å². The van der Waals surface area contributed by atoms with Crippen LogP contribution in [0.5, 0.6) is 5.75 Å². The molecule has 8 nitrogen and oxygen atoms in total. The molecule has 1 aliphatic carbocycles. The predicted molar refractivity (Wildman–Crippen MR) is 154 cm³/mol. The Kier molecular flexibility index (Phi) is 8.74. The zero-order valence-corrected chi connectivity index (χ0v) is 22.8. The summed E-state index contributed by atoms with van der Waals surface area (Å²) in [7, 11) is 0. The Hall–Kier alpha value is -3.49. The lowest BCUT2D eigenvalue weighted by Crippen LogP contribution is -2.86. The highest BCUT2D eigenvalue weighted by molar-refractivity contribution is 5.98. The van der Waals surface area contributed by atoms with E-state index in [1.165, 1.54) is 24.8 Å². The Labute approximate surface area is 230 Å². The summed E-state index contributed by atoms with van der Waals surface area (Å²) in [6, 6.07) is 16.1. The van der Waals surface area contributed by atoms with E-state index in [4.69, 9.17) is 10.1 Å². The zero-order chi connectivity index (χ0) is 27.2. The van der Waals surface area contributed by atoms with Gasteiger partial charge in [-0.25, -0.2) is 4.98 Å². The third-order valence-corrected chi connectivity index (χ3v) is 8.04. The minimum Gasteiger partial charge on any atom is -0.507 e. The van der Waals surface area contributed by atoms with E-state index in [2.05, 4.69) is 27.0 Å². The number of hydrogen-bond acceptors (Lipinski definition) is 6. The molecular weight excluding hydrogens is 490 g/mol. The summed E-state index contributed by atoms with van der Waals surface area (Å²) >= 11 is 0. The molecule has 0 amide bonds. The number of quaternary nitrogens is 1. The first-order valence-electron chi connectivity index (χ1n) is 14.2. The fraction of sp³-hybridized carbons (Fsp3) is 0.452. The Morgan fingerprint density at radius 2 is 1.85 bits per heavy atom. The van der Waals surface area contributed by atoms with Gasteiger partial charge in [0.05, 0.1) is 23.9 Å². The van der Waals surface area contributed by atoms with Gasteiger partial charge in [-0.1, -0.05) is 36.8 Å². The van der Waals surface area contributed by atoms with Gasteiger partial charge in [-0.15, -0.1) is 0 Å². The summed E-state index contributed by atoms with van der Waals surface area (Å²) in [4.78, 5) is 22.9. The minimum absolute atomic E-state index is 0.0709. The number of aromatic nitrogens is 2. The average molecular weight is 531 g/mol. The number of phenolic OH excluding ortho intramolecular Hbond substituents is 1. The van der Waals surface area contributed by atoms with Crippen LogP contribution in [0.25, 0.3) is 11.4 Å². The molecule has 0 spiro atoms. The minimum atomic E-state index is -0.257. The molecule has 0 unspecified atom stereocenters. The van der Waals surface area contributed by atoms with Crippen LogP contribution in [0.3, 0.4) is 0 Å². The monoisotopic (exact) mass is 530 g/mol. The molecule has 1 saturated heterocycles. The summed E-state index contributed by atoms with van der Waals surface area (Å²) in [5.41, 5.74) is 3.47. The number of aromatic hydroxyl groups is 1. The molecule has 0 radical (unpaired) electrons. The molecule has 1 aromatic heterocycles. The van der Waals surface area contributed by atoms with E-state index < -0.39 is 0 Å². The van der Waals surface area contributed by atoms with Crippen molar-refractivity contribution in [3.8, 4) is 17.1 Å². The highest BCUT2D eigenvalue weighted by Crippen LogP contribution is 2.33. The molecule has 2 aliphatic rings. The maximum atomic E-state index is 13.1. The fourth-order valence-corrected chi connectivity index (χ4v) is 5.78. The van der Waals surface area contributed by atoms with E-state index in [1.807, 2.05) is 35.6 Å². The van der Waals surface area contributed by atoms with Gasteiger partial charge in [-0.05, 0) is 69.1 Å². The van der Waals surface area contributed by atoms with E-state index in [0.29, 0.717) is 41.3 Å². The van der Waals surface area contributed by atoms with Crippen LogP contribution >= 0.6 is 0 Å². The highest BCUT2D eigenvalue weighted by Gasteiger charge is 2.25. The van der Waals surface area contributed by atoms with Crippen LogP contribution in [0.1, 0.15) is 63.1 Å². The maximum Gasteiger partial charge on any atom is 0.313 e. The lowest BCUT2D eigenvalue weighted by molar-refractivity contribution is -0.615. The zero-order valence-electron chi connectivity index (χ0n) is 22.8. The van der Waals surface area contributed by atoms with Crippen LogP contribution in [-0.4, -0.2) is 46.5 Å². The van der Waals surface area contributed by atoms with Gasteiger partial charge >= 0.3 is 5.56 Å².